The van der Waals surface area contributed by atoms with Gasteiger partial charge in [-0.2, -0.15) is 0 Å². The molecule has 0 bridgehead atoms. The zero-order valence-electron chi connectivity index (χ0n) is 16.5. The Hall–Kier alpha value is -3.43. The number of halogens is 1. The number of hydrogen-bond acceptors (Lipinski definition) is 5. The number of benzene rings is 3. The molecule has 160 valence electrons. The normalized spacial score (nSPS) is 11.1. The fraction of sp³-hybridized carbons (Fsp3) is 0.0952. The molecule has 1 amide bonds. The van der Waals surface area contributed by atoms with Gasteiger partial charge in [0, 0.05) is 22.5 Å². The molecule has 0 aliphatic carbocycles. The first-order valence-electron chi connectivity index (χ1n) is 9.02. The van der Waals surface area contributed by atoms with Crippen molar-refractivity contribution in [1.29, 1.82) is 0 Å². The lowest BCUT2D eigenvalue weighted by molar-refractivity contribution is -0.385. The van der Waals surface area contributed by atoms with Gasteiger partial charge in [-0.05, 0) is 61.4 Å². The summed E-state index contributed by atoms with van der Waals surface area (Å²) in [7, 11) is -3.94. The Balaban J connectivity index is 1.92. The van der Waals surface area contributed by atoms with Gasteiger partial charge in [0.1, 0.15) is 5.56 Å². The fourth-order valence-electron chi connectivity index (χ4n) is 2.93. The van der Waals surface area contributed by atoms with E-state index in [9.17, 15) is 23.3 Å². The van der Waals surface area contributed by atoms with Crippen molar-refractivity contribution in [2.24, 2.45) is 0 Å². The summed E-state index contributed by atoms with van der Waals surface area (Å²) >= 11 is 5.87. The summed E-state index contributed by atoms with van der Waals surface area (Å²) < 4.78 is 28.3. The highest BCUT2D eigenvalue weighted by Gasteiger charge is 2.22. The van der Waals surface area contributed by atoms with E-state index < -0.39 is 26.5 Å². The van der Waals surface area contributed by atoms with Crippen LogP contribution in [0.4, 0.5) is 17.1 Å². The summed E-state index contributed by atoms with van der Waals surface area (Å²) in [4.78, 5) is 23.1. The molecule has 0 aliphatic heterocycles. The molecule has 3 rings (SSSR count). The summed E-state index contributed by atoms with van der Waals surface area (Å²) in [5.74, 6) is -0.784. The first-order chi connectivity index (χ1) is 14.6. The summed E-state index contributed by atoms with van der Waals surface area (Å²) in [5.41, 5.74) is 1.27. The van der Waals surface area contributed by atoms with Crippen molar-refractivity contribution >= 4 is 44.6 Å². The number of nitro groups is 1. The van der Waals surface area contributed by atoms with E-state index in [4.69, 9.17) is 11.6 Å². The highest BCUT2D eigenvalue weighted by Crippen LogP contribution is 2.26. The van der Waals surface area contributed by atoms with Crippen molar-refractivity contribution in [1.82, 2.24) is 0 Å². The smallest absolute Gasteiger partial charge is 0.282 e. The highest BCUT2D eigenvalue weighted by atomic mass is 35.5. The monoisotopic (exact) mass is 459 g/mol. The maximum Gasteiger partial charge on any atom is 0.282 e. The molecular formula is C21H18ClN3O5S. The minimum absolute atomic E-state index is 0.0348. The van der Waals surface area contributed by atoms with Crippen LogP contribution in [-0.4, -0.2) is 19.2 Å². The number of sulfonamides is 1. The number of nitrogens with zero attached hydrogens (tertiary/aromatic N) is 1. The number of aryl methyl sites for hydroxylation is 2. The van der Waals surface area contributed by atoms with Crippen LogP contribution >= 0.6 is 11.6 Å². The van der Waals surface area contributed by atoms with Crippen LogP contribution in [0.3, 0.4) is 0 Å². The van der Waals surface area contributed by atoms with E-state index in [2.05, 4.69) is 10.0 Å². The molecular weight excluding hydrogens is 442 g/mol. The van der Waals surface area contributed by atoms with Gasteiger partial charge in [0.25, 0.3) is 21.6 Å². The molecule has 0 spiro atoms. The van der Waals surface area contributed by atoms with E-state index in [1.165, 1.54) is 30.3 Å². The highest BCUT2D eigenvalue weighted by molar-refractivity contribution is 7.92. The summed E-state index contributed by atoms with van der Waals surface area (Å²) in [6.07, 6.45) is 0. The predicted octanol–water partition coefficient (Wildman–Crippen LogP) is 4.92. The van der Waals surface area contributed by atoms with Gasteiger partial charge in [-0.25, -0.2) is 8.42 Å². The van der Waals surface area contributed by atoms with Crippen LogP contribution in [0, 0.1) is 24.0 Å². The van der Waals surface area contributed by atoms with Crippen molar-refractivity contribution in [3.8, 4) is 0 Å². The number of hydrogen-bond donors (Lipinski definition) is 2. The van der Waals surface area contributed by atoms with Crippen LogP contribution in [0.25, 0.3) is 0 Å². The number of carbonyl (C=O) groups is 1. The topological polar surface area (TPSA) is 118 Å². The zero-order valence-corrected chi connectivity index (χ0v) is 18.1. The van der Waals surface area contributed by atoms with E-state index in [-0.39, 0.29) is 21.2 Å². The summed E-state index contributed by atoms with van der Waals surface area (Å²) in [5, 5.41) is 13.9. The summed E-state index contributed by atoms with van der Waals surface area (Å²) in [6.45, 7) is 3.46. The van der Waals surface area contributed by atoms with E-state index in [1.54, 1.807) is 25.1 Å². The average molecular weight is 460 g/mol. The Morgan fingerprint density at radius 3 is 2.42 bits per heavy atom. The number of nitrogens with one attached hydrogen (secondary N) is 2. The quantitative estimate of drug-likeness (QED) is 0.400. The SMILES string of the molecule is Cc1cccc(NS(=O)(=O)c2cc(NC(=O)c3cc(Cl)ccc3[N+](=O)[O-])ccc2C)c1. The van der Waals surface area contributed by atoms with Gasteiger partial charge in [0.2, 0.25) is 0 Å². The van der Waals surface area contributed by atoms with Crippen molar-refractivity contribution in [2.75, 3.05) is 10.0 Å². The molecule has 0 aromatic heterocycles. The lowest BCUT2D eigenvalue weighted by Gasteiger charge is -2.13. The Labute approximate surface area is 184 Å². The lowest BCUT2D eigenvalue weighted by Crippen LogP contribution is -2.17. The minimum atomic E-state index is -3.94. The molecule has 0 unspecified atom stereocenters. The second-order valence-corrected chi connectivity index (χ2v) is 8.92. The second-order valence-electron chi connectivity index (χ2n) is 6.83. The van der Waals surface area contributed by atoms with Crippen LogP contribution in [0.1, 0.15) is 21.5 Å². The van der Waals surface area contributed by atoms with E-state index >= 15 is 0 Å². The lowest BCUT2D eigenvalue weighted by atomic mass is 10.1. The molecule has 3 aromatic rings. The van der Waals surface area contributed by atoms with Gasteiger partial charge in [-0.15, -0.1) is 0 Å². The number of rotatable bonds is 6. The van der Waals surface area contributed by atoms with E-state index in [0.717, 1.165) is 11.6 Å². The van der Waals surface area contributed by atoms with Gasteiger partial charge in [-0.3, -0.25) is 19.6 Å². The third kappa shape index (κ3) is 5.19. The van der Waals surface area contributed by atoms with Crippen molar-refractivity contribution in [3.63, 3.8) is 0 Å². The molecule has 0 heterocycles. The van der Waals surface area contributed by atoms with Gasteiger partial charge < -0.3 is 5.32 Å². The number of anilines is 2. The first-order valence-corrected chi connectivity index (χ1v) is 10.9. The maximum absolute atomic E-state index is 12.9. The van der Waals surface area contributed by atoms with Crippen LogP contribution in [0.2, 0.25) is 5.02 Å². The molecule has 31 heavy (non-hydrogen) atoms. The second kappa shape index (κ2) is 8.75. The van der Waals surface area contributed by atoms with Crippen molar-refractivity contribution in [2.45, 2.75) is 18.7 Å². The first kappa shape index (κ1) is 22.3. The molecule has 8 nitrogen and oxygen atoms in total. The number of carbonyl (C=O) groups excluding carboxylic acids is 1. The van der Waals surface area contributed by atoms with Crippen LogP contribution in [0.5, 0.6) is 0 Å². The van der Waals surface area contributed by atoms with E-state index in [1.807, 2.05) is 13.0 Å². The molecule has 3 aromatic carbocycles. The summed E-state index contributed by atoms with van der Waals surface area (Å²) in [6, 6.07) is 14.9. The number of nitro benzene ring substituents is 1. The Morgan fingerprint density at radius 1 is 1.00 bits per heavy atom. The van der Waals surface area contributed by atoms with Gasteiger partial charge in [0.05, 0.1) is 9.82 Å². The van der Waals surface area contributed by atoms with Gasteiger partial charge >= 0.3 is 0 Å². The molecule has 0 fully saturated rings. The van der Waals surface area contributed by atoms with Crippen LogP contribution in [0.15, 0.2) is 65.6 Å². The van der Waals surface area contributed by atoms with Crippen molar-refractivity contribution in [3.05, 3.63) is 92.5 Å². The third-order valence-corrected chi connectivity index (χ3v) is 6.16. The average Bonchev–Trinajstić information content (AvgIpc) is 2.68. The standard InChI is InChI=1S/C21H18ClN3O5S/c1-13-4-3-5-17(10-13)24-31(29,30)20-12-16(8-6-14(20)2)23-21(26)18-11-15(22)7-9-19(18)25(27)28/h3-12,24H,1-2H3,(H,23,26). The molecule has 0 saturated carbocycles. The molecule has 0 radical (unpaired) electrons. The third-order valence-electron chi connectivity index (χ3n) is 4.41. The molecule has 0 atom stereocenters. The van der Waals surface area contributed by atoms with Crippen LogP contribution in [-0.2, 0) is 10.0 Å². The Morgan fingerprint density at radius 2 is 1.74 bits per heavy atom. The number of amides is 1. The molecule has 0 saturated heterocycles. The minimum Gasteiger partial charge on any atom is -0.322 e. The van der Waals surface area contributed by atoms with Gasteiger partial charge in [0.15, 0.2) is 0 Å². The molecule has 2 N–H and O–H groups in total. The largest absolute Gasteiger partial charge is 0.322 e. The van der Waals surface area contributed by atoms with Crippen LogP contribution < -0.4 is 10.0 Å². The fourth-order valence-corrected chi connectivity index (χ4v) is 4.43. The Kier molecular flexibility index (Phi) is 6.28. The van der Waals surface area contributed by atoms with Crippen molar-refractivity contribution < 1.29 is 18.1 Å². The van der Waals surface area contributed by atoms with E-state index in [0.29, 0.717) is 11.3 Å². The molecule has 0 aliphatic rings. The predicted molar refractivity (Wildman–Crippen MR) is 119 cm³/mol. The Bertz CT molecular complexity index is 1290. The molecule has 10 heteroatoms. The maximum atomic E-state index is 12.9. The zero-order chi connectivity index (χ0) is 22.8. The van der Waals surface area contributed by atoms with Gasteiger partial charge in [-0.1, -0.05) is 29.8 Å².